The van der Waals surface area contributed by atoms with E-state index in [4.69, 9.17) is 4.74 Å². The van der Waals surface area contributed by atoms with Crippen molar-refractivity contribution in [3.63, 3.8) is 0 Å². The molecule has 0 unspecified atom stereocenters. The van der Waals surface area contributed by atoms with Gasteiger partial charge in [0.25, 0.3) is 0 Å². The van der Waals surface area contributed by atoms with E-state index in [1.807, 2.05) is 41.7 Å². The standard InChI is InChI=1S/C15H26N4O2/c1-9-7-19(8-10(2)21-9)13(5)15(20)16-14-11(3)17-18(6)12(14)4/h9-10,13H,7-8H2,1-6H3,(H,16,20)/t9-,10+,13-/m1/s1. The summed E-state index contributed by atoms with van der Waals surface area (Å²) in [5.41, 5.74) is 2.64. The Hall–Kier alpha value is -1.40. The third kappa shape index (κ3) is 3.44. The SMILES string of the molecule is Cc1nn(C)c(C)c1NC(=O)[C@@H](C)N1C[C@@H](C)O[C@@H](C)C1. The highest BCUT2D eigenvalue weighted by molar-refractivity contribution is 5.95. The molecular formula is C15H26N4O2. The van der Waals surface area contributed by atoms with E-state index in [1.165, 1.54) is 0 Å². The number of aryl methyl sites for hydroxylation is 2. The third-order valence-electron chi connectivity index (χ3n) is 4.13. The maximum Gasteiger partial charge on any atom is 0.241 e. The van der Waals surface area contributed by atoms with Gasteiger partial charge in [0.05, 0.1) is 35.3 Å². The number of carbonyl (C=O) groups excluding carboxylic acids is 1. The first kappa shape index (κ1) is 16.0. The summed E-state index contributed by atoms with van der Waals surface area (Å²) in [5, 5.41) is 7.35. The molecule has 0 saturated carbocycles. The number of nitrogens with one attached hydrogen (secondary N) is 1. The summed E-state index contributed by atoms with van der Waals surface area (Å²) in [6, 6.07) is -0.183. The number of rotatable bonds is 3. The average Bonchev–Trinajstić information content (AvgIpc) is 2.63. The molecule has 1 aromatic rings. The van der Waals surface area contributed by atoms with Crippen LogP contribution in [-0.4, -0.2) is 51.9 Å². The molecule has 1 aliphatic rings. The monoisotopic (exact) mass is 294 g/mol. The van der Waals surface area contributed by atoms with Gasteiger partial charge >= 0.3 is 0 Å². The summed E-state index contributed by atoms with van der Waals surface area (Å²) in [4.78, 5) is 14.7. The molecule has 1 aliphatic heterocycles. The highest BCUT2D eigenvalue weighted by atomic mass is 16.5. The maximum atomic E-state index is 12.5. The van der Waals surface area contributed by atoms with E-state index in [9.17, 15) is 4.79 Å². The molecular weight excluding hydrogens is 268 g/mol. The largest absolute Gasteiger partial charge is 0.373 e. The van der Waals surface area contributed by atoms with Gasteiger partial charge in [-0.15, -0.1) is 0 Å². The van der Waals surface area contributed by atoms with Crippen molar-refractivity contribution in [3.8, 4) is 0 Å². The molecule has 0 aliphatic carbocycles. The zero-order valence-corrected chi connectivity index (χ0v) is 13.8. The van der Waals surface area contributed by atoms with Gasteiger partial charge in [0.15, 0.2) is 0 Å². The first-order valence-corrected chi connectivity index (χ1v) is 7.50. The lowest BCUT2D eigenvalue weighted by Crippen LogP contribution is -2.52. The zero-order valence-electron chi connectivity index (χ0n) is 13.8. The van der Waals surface area contributed by atoms with Gasteiger partial charge in [0.2, 0.25) is 5.91 Å². The third-order valence-corrected chi connectivity index (χ3v) is 4.13. The molecule has 0 radical (unpaired) electrons. The normalized spacial score (nSPS) is 24.9. The van der Waals surface area contributed by atoms with Gasteiger partial charge in [0.1, 0.15) is 0 Å². The van der Waals surface area contributed by atoms with Gasteiger partial charge in [-0.25, -0.2) is 0 Å². The molecule has 2 heterocycles. The van der Waals surface area contributed by atoms with Crippen LogP contribution in [0.4, 0.5) is 5.69 Å². The lowest BCUT2D eigenvalue weighted by atomic mass is 10.1. The summed E-state index contributed by atoms with van der Waals surface area (Å²) in [6.07, 6.45) is 0.316. The van der Waals surface area contributed by atoms with Gasteiger partial charge in [-0.3, -0.25) is 14.4 Å². The second kappa shape index (κ2) is 6.15. The Morgan fingerprint density at radius 3 is 2.38 bits per heavy atom. The second-order valence-corrected chi connectivity index (χ2v) is 6.05. The number of ether oxygens (including phenoxy) is 1. The number of nitrogens with zero attached hydrogens (tertiary/aromatic N) is 3. The van der Waals surface area contributed by atoms with Crippen LogP contribution in [0, 0.1) is 13.8 Å². The molecule has 2 rings (SSSR count). The number of morpholine rings is 1. The Morgan fingerprint density at radius 2 is 1.90 bits per heavy atom. The highest BCUT2D eigenvalue weighted by Gasteiger charge is 2.29. The van der Waals surface area contributed by atoms with Gasteiger partial charge in [-0.05, 0) is 34.6 Å². The lowest BCUT2D eigenvalue weighted by molar-refractivity contribution is -0.126. The first-order chi connectivity index (χ1) is 9.79. The topological polar surface area (TPSA) is 59.4 Å². The minimum atomic E-state index is -0.183. The summed E-state index contributed by atoms with van der Waals surface area (Å²) < 4.78 is 7.51. The van der Waals surface area contributed by atoms with Crippen molar-refractivity contribution >= 4 is 11.6 Å². The van der Waals surface area contributed by atoms with Crippen LogP contribution in [-0.2, 0) is 16.6 Å². The molecule has 0 spiro atoms. The lowest BCUT2D eigenvalue weighted by Gasteiger charge is -2.38. The molecule has 1 amide bonds. The molecule has 1 saturated heterocycles. The van der Waals surface area contributed by atoms with Crippen LogP contribution < -0.4 is 5.32 Å². The number of aromatic nitrogens is 2. The van der Waals surface area contributed by atoms with E-state index in [0.29, 0.717) is 0 Å². The number of hydrogen-bond donors (Lipinski definition) is 1. The minimum absolute atomic E-state index is 0.00972. The fraction of sp³-hybridized carbons (Fsp3) is 0.733. The van der Waals surface area contributed by atoms with Gasteiger partial charge in [0, 0.05) is 20.1 Å². The first-order valence-electron chi connectivity index (χ1n) is 7.50. The fourth-order valence-corrected chi connectivity index (χ4v) is 2.88. The van der Waals surface area contributed by atoms with Crippen LogP contribution in [0.5, 0.6) is 0 Å². The average molecular weight is 294 g/mol. The summed E-state index contributed by atoms with van der Waals surface area (Å²) in [6.45, 7) is 11.5. The fourth-order valence-electron chi connectivity index (χ4n) is 2.88. The molecule has 0 bridgehead atoms. The maximum absolute atomic E-state index is 12.5. The number of hydrogen-bond acceptors (Lipinski definition) is 4. The van der Waals surface area contributed by atoms with Crippen LogP contribution >= 0.6 is 0 Å². The van der Waals surface area contributed by atoms with Crippen molar-refractivity contribution in [2.24, 2.45) is 7.05 Å². The molecule has 0 aromatic carbocycles. The second-order valence-electron chi connectivity index (χ2n) is 6.05. The Kier molecular flexibility index (Phi) is 4.68. The van der Waals surface area contributed by atoms with E-state index >= 15 is 0 Å². The number of anilines is 1. The van der Waals surface area contributed by atoms with Crippen molar-refractivity contribution in [1.29, 1.82) is 0 Å². The van der Waals surface area contributed by atoms with E-state index in [0.717, 1.165) is 30.2 Å². The van der Waals surface area contributed by atoms with Gasteiger partial charge in [-0.2, -0.15) is 5.10 Å². The van der Waals surface area contributed by atoms with E-state index in [2.05, 4.69) is 15.3 Å². The molecule has 118 valence electrons. The Morgan fingerprint density at radius 1 is 1.33 bits per heavy atom. The van der Waals surface area contributed by atoms with E-state index in [1.54, 1.807) is 4.68 Å². The smallest absolute Gasteiger partial charge is 0.241 e. The van der Waals surface area contributed by atoms with Crippen molar-refractivity contribution in [2.75, 3.05) is 18.4 Å². The van der Waals surface area contributed by atoms with Crippen LogP contribution in [0.3, 0.4) is 0 Å². The van der Waals surface area contributed by atoms with Crippen LogP contribution in [0.1, 0.15) is 32.2 Å². The van der Waals surface area contributed by atoms with E-state index < -0.39 is 0 Å². The zero-order chi connectivity index (χ0) is 15.7. The van der Waals surface area contributed by atoms with Crippen LogP contribution in [0.15, 0.2) is 0 Å². The van der Waals surface area contributed by atoms with Crippen LogP contribution in [0.25, 0.3) is 0 Å². The minimum Gasteiger partial charge on any atom is -0.373 e. The van der Waals surface area contributed by atoms with Crippen molar-refractivity contribution in [1.82, 2.24) is 14.7 Å². The quantitative estimate of drug-likeness (QED) is 0.917. The summed E-state index contributed by atoms with van der Waals surface area (Å²) in [7, 11) is 1.88. The molecule has 1 fully saturated rings. The predicted octanol–water partition coefficient (Wildman–Crippen LogP) is 1.47. The molecule has 1 aromatic heterocycles. The molecule has 1 N–H and O–H groups in total. The molecule has 21 heavy (non-hydrogen) atoms. The Bertz CT molecular complexity index is 516. The van der Waals surface area contributed by atoms with Crippen LogP contribution in [0.2, 0.25) is 0 Å². The van der Waals surface area contributed by atoms with Gasteiger partial charge in [-0.1, -0.05) is 0 Å². The van der Waals surface area contributed by atoms with Gasteiger partial charge < -0.3 is 10.1 Å². The number of carbonyl (C=O) groups is 1. The number of amides is 1. The molecule has 6 heteroatoms. The van der Waals surface area contributed by atoms with Crippen molar-refractivity contribution in [2.45, 2.75) is 52.9 Å². The van der Waals surface area contributed by atoms with Crippen molar-refractivity contribution < 1.29 is 9.53 Å². The predicted molar refractivity (Wildman–Crippen MR) is 82.4 cm³/mol. The molecule has 3 atom stereocenters. The highest BCUT2D eigenvalue weighted by Crippen LogP contribution is 2.20. The summed E-state index contributed by atoms with van der Waals surface area (Å²) >= 11 is 0. The Labute approximate surface area is 126 Å². The molecule has 6 nitrogen and oxygen atoms in total. The van der Waals surface area contributed by atoms with Crippen molar-refractivity contribution in [3.05, 3.63) is 11.4 Å². The summed E-state index contributed by atoms with van der Waals surface area (Å²) in [5.74, 6) is 0.00972. The van der Waals surface area contributed by atoms with E-state index in [-0.39, 0.29) is 24.2 Å². The Balaban J connectivity index is 2.05.